The summed E-state index contributed by atoms with van der Waals surface area (Å²) in [7, 11) is 2.06. The Labute approximate surface area is 122 Å². The minimum atomic E-state index is 0.00998. The lowest BCUT2D eigenvalue weighted by atomic mass is 9.77. The van der Waals surface area contributed by atoms with Crippen molar-refractivity contribution in [2.45, 2.75) is 70.6 Å². The first-order chi connectivity index (χ1) is 9.74. The van der Waals surface area contributed by atoms with Crippen LogP contribution in [0, 0.1) is 0 Å². The van der Waals surface area contributed by atoms with Crippen LogP contribution in [0.2, 0.25) is 0 Å². The van der Waals surface area contributed by atoms with Gasteiger partial charge in [-0.3, -0.25) is 4.68 Å². The van der Waals surface area contributed by atoms with Gasteiger partial charge in [0, 0.05) is 25.4 Å². The summed E-state index contributed by atoms with van der Waals surface area (Å²) in [5.41, 5.74) is 1.31. The molecular formula is C16H29N3O. The Kier molecular flexibility index (Phi) is 5.61. The molecule has 0 saturated heterocycles. The van der Waals surface area contributed by atoms with E-state index in [1.54, 1.807) is 0 Å². The molecule has 0 aliphatic heterocycles. The number of likely N-dealkylation sites (N-methyl/N-ethyl adjacent to an activating group) is 1. The molecule has 2 rings (SSSR count). The zero-order chi connectivity index (χ0) is 14.4. The van der Waals surface area contributed by atoms with Crippen LogP contribution >= 0.6 is 0 Å². The van der Waals surface area contributed by atoms with Gasteiger partial charge in [-0.05, 0) is 45.7 Å². The SMILES string of the molecule is CCOC1(C(Cc2cnn(CC)c2)NC)CCCCC1. The molecule has 0 radical (unpaired) electrons. The van der Waals surface area contributed by atoms with Gasteiger partial charge in [-0.15, -0.1) is 0 Å². The van der Waals surface area contributed by atoms with Gasteiger partial charge in [0.25, 0.3) is 0 Å². The van der Waals surface area contributed by atoms with Crippen molar-refractivity contribution >= 4 is 0 Å². The third kappa shape index (κ3) is 3.41. The predicted molar refractivity (Wildman–Crippen MR) is 81.9 cm³/mol. The fraction of sp³-hybridized carbons (Fsp3) is 0.812. The lowest BCUT2D eigenvalue weighted by molar-refractivity contribution is -0.0883. The molecule has 1 saturated carbocycles. The zero-order valence-corrected chi connectivity index (χ0v) is 13.2. The first-order valence-electron chi connectivity index (χ1n) is 8.06. The fourth-order valence-corrected chi connectivity index (χ4v) is 3.50. The van der Waals surface area contributed by atoms with Crippen LogP contribution in [-0.2, 0) is 17.7 Å². The number of hydrogen-bond donors (Lipinski definition) is 1. The first kappa shape index (κ1) is 15.5. The molecule has 1 atom stereocenters. The Morgan fingerprint density at radius 2 is 2.10 bits per heavy atom. The summed E-state index contributed by atoms with van der Waals surface area (Å²) in [6, 6.07) is 0.372. The van der Waals surface area contributed by atoms with Crippen molar-refractivity contribution in [2.75, 3.05) is 13.7 Å². The number of rotatable bonds is 7. The summed E-state index contributed by atoms with van der Waals surface area (Å²) in [4.78, 5) is 0. The van der Waals surface area contributed by atoms with E-state index in [1.165, 1.54) is 37.7 Å². The molecule has 4 heteroatoms. The predicted octanol–water partition coefficient (Wildman–Crippen LogP) is 2.77. The van der Waals surface area contributed by atoms with Crippen LogP contribution in [0.25, 0.3) is 0 Å². The largest absolute Gasteiger partial charge is 0.374 e. The highest BCUT2D eigenvalue weighted by Crippen LogP contribution is 2.35. The van der Waals surface area contributed by atoms with E-state index in [0.29, 0.717) is 6.04 Å². The van der Waals surface area contributed by atoms with Gasteiger partial charge < -0.3 is 10.1 Å². The molecule has 1 unspecified atom stereocenters. The first-order valence-corrected chi connectivity index (χ1v) is 8.06. The molecule has 1 aliphatic carbocycles. The van der Waals surface area contributed by atoms with Crippen LogP contribution in [0.5, 0.6) is 0 Å². The number of aryl methyl sites for hydroxylation is 1. The van der Waals surface area contributed by atoms with Crippen molar-refractivity contribution < 1.29 is 4.74 Å². The molecular weight excluding hydrogens is 250 g/mol. The van der Waals surface area contributed by atoms with E-state index in [2.05, 4.69) is 37.5 Å². The third-order valence-corrected chi connectivity index (χ3v) is 4.57. The van der Waals surface area contributed by atoms with Crippen molar-refractivity contribution in [2.24, 2.45) is 0 Å². The van der Waals surface area contributed by atoms with E-state index in [1.807, 2.05) is 10.9 Å². The normalized spacial score (nSPS) is 19.9. The second-order valence-corrected chi connectivity index (χ2v) is 5.81. The van der Waals surface area contributed by atoms with E-state index in [-0.39, 0.29) is 5.60 Å². The molecule has 1 aromatic heterocycles. The second kappa shape index (κ2) is 7.23. The molecule has 0 bridgehead atoms. The van der Waals surface area contributed by atoms with Gasteiger partial charge in [-0.2, -0.15) is 5.10 Å². The molecule has 0 amide bonds. The van der Waals surface area contributed by atoms with Crippen molar-refractivity contribution in [3.63, 3.8) is 0 Å². The van der Waals surface area contributed by atoms with Gasteiger partial charge in [0.15, 0.2) is 0 Å². The van der Waals surface area contributed by atoms with Crippen molar-refractivity contribution in [3.05, 3.63) is 18.0 Å². The number of ether oxygens (including phenoxy) is 1. The molecule has 1 heterocycles. The second-order valence-electron chi connectivity index (χ2n) is 5.81. The Hall–Kier alpha value is -0.870. The smallest absolute Gasteiger partial charge is 0.0837 e. The van der Waals surface area contributed by atoms with Crippen LogP contribution in [-0.4, -0.2) is 35.1 Å². The summed E-state index contributed by atoms with van der Waals surface area (Å²) in [5.74, 6) is 0. The Morgan fingerprint density at radius 3 is 2.65 bits per heavy atom. The van der Waals surface area contributed by atoms with E-state index in [9.17, 15) is 0 Å². The van der Waals surface area contributed by atoms with Crippen molar-refractivity contribution in [3.8, 4) is 0 Å². The van der Waals surface area contributed by atoms with Gasteiger partial charge >= 0.3 is 0 Å². The minimum absolute atomic E-state index is 0.00998. The molecule has 4 nitrogen and oxygen atoms in total. The molecule has 1 N–H and O–H groups in total. The molecule has 1 aliphatic rings. The molecule has 0 aromatic carbocycles. The average Bonchev–Trinajstić information content (AvgIpc) is 2.93. The highest BCUT2D eigenvalue weighted by atomic mass is 16.5. The average molecular weight is 279 g/mol. The van der Waals surface area contributed by atoms with Crippen LogP contribution in [0.4, 0.5) is 0 Å². The van der Waals surface area contributed by atoms with Gasteiger partial charge in [-0.25, -0.2) is 0 Å². The van der Waals surface area contributed by atoms with E-state index in [0.717, 1.165) is 19.6 Å². The molecule has 0 spiro atoms. The number of hydrogen-bond acceptors (Lipinski definition) is 3. The summed E-state index contributed by atoms with van der Waals surface area (Å²) < 4.78 is 8.24. The maximum atomic E-state index is 6.24. The van der Waals surface area contributed by atoms with E-state index in [4.69, 9.17) is 4.74 Å². The molecule has 20 heavy (non-hydrogen) atoms. The Balaban J connectivity index is 2.11. The van der Waals surface area contributed by atoms with Gasteiger partial charge in [0.05, 0.1) is 11.8 Å². The maximum absolute atomic E-state index is 6.24. The zero-order valence-electron chi connectivity index (χ0n) is 13.2. The van der Waals surface area contributed by atoms with Crippen LogP contribution in [0.15, 0.2) is 12.4 Å². The van der Waals surface area contributed by atoms with Crippen LogP contribution in [0.3, 0.4) is 0 Å². The maximum Gasteiger partial charge on any atom is 0.0837 e. The van der Waals surface area contributed by atoms with Gasteiger partial charge in [0.2, 0.25) is 0 Å². The topological polar surface area (TPSA) is 39.1 Å². The highest BCUT2D eigenvalue weighted by Gasteiger charge is 2.39. The van der Waals surface area contributed by atoms with Crippen molar-refractivity contribution in [1.82, 2.24) is 15.1 Å². The number of nitrogens with one attached hydrogen (secondary N) is 1. The summed E-state index contributed by atoms with van der Waals surface area (Å²) in [5, 5.41) is 7.90. The summed E-state index contributed by atoms with van der Waals surface area (Å²) in [6.45, 7) is 5.96. The van der Waals surface area contributed by atoms with Crippen molar-refractivity contribution in [1.29, 1.82) is 0 Å². The quantitative estimate of drug-likeness (QED) is 0.834. The number of aromatic nitrogens is 2. The lowest BCUT2D eigenvalue weighted by Crippen LogP contribution is -2.53. The molecule has 1 aromatic rings. The Morgan fingerprint density at radius 1 is 1.35 bits per heavy atom. The van der Waals surface area contributed by atoms with Gasteiger partial charge in [-0.1, -0.05) is 19.3 Å². The number of nitrogens with zero attached hydrogens (tertiary/aromatic N) is 2. The minimum Gasteiger partial charge on any atom is -0.374 e. The standard InChI is InChI=1S/C16H29N3O/c1-4-19-13-14(12-18-19)11-15(17-3)16(20-5-2)9-7-6-8-10-16/h12-13,15,17H,4-11H2,1-3H3. The third-order valence-electron chi connectivity index (χ3n) is 4.57. The highest BCUT2D eigenvalue weighted by molar-refractivity contribution is 5.10. The fourth-order valence-electron chi connectivity index (χ4n) is 3.50. The van der Waals surface area contributed by atoms with E-state index < -0.39 is 0 Å². The monoisotopic (exact) mass is 279 g/mol. The molecule has 114 valence electrons. The Bertz CT molecular complexity index is 391. The summed E-state index contributed by atoms with van der Waals surface area (Å²) in [6.07, 6.45) is 11.4. The lowest BCUT2D eigenvalue weighted by Gasteiger charge is -2.43. The summed E-state index contributed by atoms with van der Waals surface area (Å²) >= 11 is 0. The molecule has 1 fully saturated rings. The van der Waals surface area contributed by atoms with Gasteiger partial charge in [0.1, 0.15) is 0 Å². The van der Waals surface area contributed by atoms with E-state index >= 15 is 0 Å². The van der Waals surface area contributed by atoms with Crippen LogP contribution in [0.1, 0.15) is 51.5 Å². The van der Waals surface area contributed by atoms with Crippen LogP contribution < -0.4 is 5.32 Å².